The van der Waals surface area contributed by atoms with Crippen molar-refractivity contribution in [3.8, 4) is 6.07 Å². The second kappa shape index (κ2) is 2.47. The lowest BCUT2D eigenvalue weighted by Gasteiger charge is -1.89. The highest BCUT2D eigenvalue weighted by Gasteiger charge is 2.02. The van der Waals surface area contributed by atoms with E-state index in [0.29, 0.717) is 10.2 Å². The van der Waals surface area contributed by atoms with Crippen LogP contribution in [-0.2, 0) is 0 Å². The largest absolute Gasteiger partial charge is 0.283 e. The number of hydrogen-bond acceptors (Lipinski definition) is 2. The first kappa shape index (κ1) is 7.07. The van der Waals surface area contributed by atoms with Crippen LogP contribution in [0.25, 0.3) is 5.52 Å². The van der Waals surface area contributed by atoms with E-state index in [1.54, 1.807) is 4.52 Å². The molecule has 0 bridgehead atoms. The van der Waals surface area contributed by atoms with Crippen LogP contribution in [0.15, 0.2) is 24.4 Å². The van der Waals surface area contributed by atoms with Crippen LogP contribution in [0.3, 0.4) is 0 Å². The van der Waals surface area contributed by atoms with Crippen LogP contribution < -0.4 is 0 Å². The van der Waals surface area contributed by atoms with E-state index in [4.69, 9.17) is 17.5 Å². The van der Waals surface area contributed by atoms with Crippen molar-refractivity contribution < 1.29 is 0 Å². The summed E-state index contributed by atoms with van der Waals surface area (Å²) < 4.78 is 2.23. The van der Waals surface area contributed by atoms with Crippen molar-refractivity contribution in [1.82, 2.24) is 9.61 Å². The fraction of sp³-hybridized carbons (Fsp3) is 0. The SMILES string of the molecule is N#Cc1c(=S)[nH]n2ccccc12. The lowest BCUT2D eigenvalue weighted by molar-refractivity contribution is 0.953. The average molecular weight is 175 g/mol. The second-order valence-corrected chi connectivity index (χ2v) is 2.79. The first-order valence-corrected chi connectivity index (χ1v) is 3.83. The molecule has 1 N–H and O–H groups in total. The van der Waals surface area contributed by atoms with Crippen LogP contribution in [-0.4, -0.2) is 9.61 Å². The molecule has 0 saturated carbocycles. The summed E-state index contributed by atoms with van der Waals surface area (Å²) in [4.78, 5) is 0. The molecule has 2 heterocycles. The van der Waals surface area contributed by atoms with Gasteiger partial charge in [0.05, 0.1) is 5.52 Å². The van der Waals surface area contributed by atoms with Gasteiger partial charge in [-0.15, -0.1) is 0 Å². The van der Waals surface area contributed by atoms with E-state index in [9.17, 15) is 0 Å². The quantitative estimate of drug-likeness (QED) is 0.621. The summed E-state index contributed by atoms with van der Waals surface area (Å²) in [5.74, 6) is 0. The number of rotatable bonds is 0. The number of hydrogen-bond donors (Lipinski definition) is 1. The van der Waals surface area contributed by atoms with Crippen molar-refractivity contribution in [3.05, 3.63) is 34.6 Å². The van der Waals surface area contributed by atoms with Crippen molar-refractivity contribution in [2.75, 3.05) is 0 Å². The van der Waals surface area contributed by atoms with E-state index >= 15 is 0 Å². The molecule has 0 atom stereocenters. The Balaban J connectivity index is 3.03. The van der Waals surface area contributed by atoms with Crippen LogP contribution in [0.2, 0.25) is 0 Å². The lowest BCUT2D eigenvalue weighted by Crippen LogP contribution is -1.82. The maximum absolute atomic E-state index is 8.76. The summed E-state index contributed by atoms with van der Waals surface area (Å²) >= 11 is 4.95. The fourth-order valence-electron chi connectivity index (χ4n) is 1.13. The predicted octanol–water partition coefficient (Wildman–Crippen LogP) is 1.87. The Labute approximate surface area is 73.9 Å². The number of pyridine rings is 1. The number of nitrogens with one attached hydrogen (secondary N) is 1. The van der Waals surface area contributed by atoms with Gasteiger partial charge >= 0.3 is 0 Å². The zero-order chi connectivity index (χ0) is 8.55. The Hall–Kier alpha value is -1.60. The number of aromatic amines is 1. The van der Waals surface area contributed by atoms with Crippen molar-refractivity contribution in [3.63, 3.8) is 0 Å². The molecule has 12 heavy (non-hydrogen) atoms. The molecular weight excluding hydrogens is 170 g/mol. The molecule has 0 aromatic carbocycles. The highest BCUT2D eigenvalue weighted by atomic mass is 32.1. The Bertz CT molecular complexity index is 515. The summed E-state index contributed by atoms with van der Waals surface area (Å²) in [7, 11) is 0. The summed E-state index contributed by atoms with van der Waals surface area (Å²) in [6.45, 7) is 0. The van der Waals surface area contributed by atoms with Crippen LogP contribution in [0.1, 0.15) is 5.56 Å². The third-order valence-corrected chi connectivity index (χ3v) is 1.97. The molecule has 0 radical (unpaired) electrons. The van der Waals surface area contributed by atoms with Crippen molar-refractivity contribution in [1.29, 1.82) is 5.26 Å². The molecule has 2 aromatic heterocycles. The van der Waals surface area contributed by atoms with Gasteiger partial charge in [0.15, 0.2) is 0 Å². The van der Waals surface area contributed by atoms with Gasteiger partial charge in [0.25, 0.3) is 0 Å². The van der Waals surface area contributed by atoms with Crippen molar-refractivity contribution in [2.24, 2.45) is 0 Å². The predicted molar refractivity (Wildman–Crippen MR) is 47.3 cm³/mol. The van der Waals surface area contributed by atoms with Gasteiger partial charge in [-0.1, -0.05) is 18.3 Å². The third-order valence-electron chi connectivity index (χ3n) is 1.68. The van der Waals surface area contributed by atoms with Crippen LogP contribution in [0.5, 0.6) is 0 Å². The molecule has 0 aliphatic carbocycles. The van der Waals surface area contributed by atoms with Gasteiger partial charge < -0.3 is 0 Å². The minimum absolute atomic E-state index is 0.490. The molecule has 2 aromatic rings. The summed E-state index contributed by atoms with van der Waals surface area (Å²) in [6, 6.07) is 7.66. The first-order chi connectivity index (χ1) is 5.83. The van der Waals surface area contributed by atoms with Gasteiger partial charge in [-0.05, 0) is 12.1 Å². The molecule has 58 valence electrons. The van der Waals surface area contributed by atoms with Gasteiger partial charge in [-0.25, -0.2) is 0 Å². The lowest BCUT2D eigenvalue weighted by atomic mass is 10.3. The van der Waals surface area contributed by atoms with E-state index in [1.165, 1.54) is 0 Å². The Kier molecular flexibility index (Phi) is 1.45. The van der Waals surface area contributed by atoms with E-state index in [-0.39, 0.29) is 0 Å². The normalized spacial score (nSPS) is 9.92. The van der Waals surface area contributed by atoms with Crippen LogP contribution in [0.4, 0.5) is 0 Å². The van der Waals surface area contributed by atoms with E-state index in [2.05, 4.69) is 11.2 Å². The standard InChI is InChI=1S/C8H5N3S/c9-5-6-7-3-1-2-4-11(7)10-8(6)12/h1-4H,(H,10,12). The maximum atomic E-state index is 8.76. The van der Waals surface area contributed by atoms with Gasteiger partial charge in [-0.3, -0.25) is 9.61 Å². The molecule has 0 unspecified atom stereocenters. The molecule has 0 amide bonds. The Morgan fingerprint density at radius 3 is 3.08 bits per heavy atom. The van der Waals surface area contributed by atoms with Crippen LogP contribution >= 0.6 is 12.2 Å². The third kappa shape index (κ3) is 0.840. The molecule has 0 fully saturated rings. The van der Waals surface area contributed by atoms with E-state index in [0.717, 1.165) is 5.52 Å². The Morgan fingerprint density at radius 1 is 1.50 bits per heavy atom. The topological polar surface area (TPSA) is 44.0 Å². The van der Waals surface area contributed by atoms with Gasteiger partial charge in [0, 0.05) is 6.20 Å². The molecule has 4 heteroatoms. The second-order valence-electron chi connectivity index (χ2n) is 2.38. The highest BCUT2D eigenvalue weighted by molar-refractivity contribution is 7.71. The van der Waals surface area contributed by atoms with Crippen LogP contribution in [0, 0.1) is 16.0 Å². The smallest absolute Gasteiger partial charge is 0.138 e. The Morgan fingerprint density at radius 2 is 2.33 bits per heavy atom. The molecule has 0 aliphatic heterocycles. The monoisotopic (exact) mass is 175 g/mol. The molecule has 0 saturated heterocycles. The maximum Gasteiger partial charge on any atom is 0.138 e. The highest BCUT2D eigenvalue weighted by Crippen LogP contribution is 2.09. The molecule has 3 nitrogen and oxygen atoms in total. The summed E-state index contributed by atoms with van der Waals surface area (Å²) in [5, 5.41) is 11.6. The number of aromatic nitrogens is 2. The summed E-state index contributed by atoms with van der Waals surface area (Å²) in [6.07, 6.45) is 1.83. The van der Waals surface area contributed by atoms with E-state index < -0.39 is 0 Å². The minimum Gasteiger partial charge on any atom is -0.283 e. The fourth-order valence-corrected chi connectivity index (χ4v) is 1.38. The van der Waals surface area contributed by atoms with Gasteiger partial charge in [-0.2, -0.15) is 5.26 Å². The summed E-state index contributed by atoms with van der Waals surface area (Å²) in [5.41, 5.74) is 1.36. The average Bonchev–Trinajstić information content (AvgIpc) is 2.40. The zero-order valence-corrected chi connectivity index (χ0v) is 6.93. The first-order valence-electron chi connectivity index (χ1n) is 3.42. The van der Waals surface area contributed by atoms with Gasteiger partial charge in [0.1, 0.15) is 16.3 Å². The molecule has 0 aliphatic rings. The number of nitrogens with zero attached hydrogens (tertiary/aromatic N) is 2. The van der Waals surface area contributed by atoms with Crippen molar-refractivity contribution >= 4 is 17.7 Å². The minimum atomic E-state index is 0.490. The number of fused-ring (bicyclic) bond motifs is 1. The molecule has 2 rings (SSSR count). The number of H-pyrrole nitrogens is 1. The zero-order valence-electron chi connectivity index (χ0n) is 6.11. The molecular formula is C8H5N3S. The van der Waals surface area contributed by atoms with Crippen molar-refractivity contribution in [2.45, 2.75) is 0 Å². The molecule has 0 spiro atoms. The van der Waals surface area contributed by atoms with E-state index in [1.807, 2.05) is 24.4 Å². The van der Waals surface area contributed by atoms with Gasteiger partial charge in [0.2, 0.25) is 0 Å². The number of nitriles is 1.